The monoisotopic (exact) mass is 368 g/mol. The van der Waals surface area contributed by atoms with Crippen molar-refractivity contribution in [2.45, 2.75) is 26.1 Å². The van der Waals surface area contributed by atoms with Crippen LogP contribution in [0.2, 0.25) is 5.02 Å². The lowest BCUT2D eigenvalue weighted by molar-refractivity contribution is -0.122. The van der Waals surface area contributed by atoms with Gasteiger partial charge in [-0.2, -0.15) is 0 Å². The van der Waals surface area contributed by atoms with Gasteiger partial charge in [-0.25, -0.2) is 0 Å². The first-order valence-corrected chi connectivity index (χ1v) is 7.87. The number of hydrogen-bond acceptors (Lipinski definition) is 3. The molecule has 0 heterocycles. The summed E-state index contributed by atoms with van der Waals surface area (Å²) in [6.45, 7) is 2.94. The normalized spacial score (nSPS) is 11.3. The predicted octanol–water partition coefficient (Wildman–Crippen LogP) is 3.56. The third kappa shape index (κ3) is 6.40. The fourth-order valence-corrected chi connectivity index (χ4v) is 2.29. The van der Waals surface area contributed by atoms with Crippen molar-refractivity contribution in [2.24, 2.45) is 0 Å². The third-order valence-electron chi connectivity index (χ3n) is 3.47. The first-order valence-electron chi connectivity index (χ1n) is 7.49. The lowest BCUT2D eigenvalue weighted by Gasteiger charge is -2.12. The largest absolute Gasteiger partial charge is 0.489 e. The van der Waals surface area contributed by atoms with Gasteiger partial charge in [-0.05, 0) is 42.3 Å². The zero-order valence-corrected chi connectivity index (χ0v) is 15.3. The molecule has 0 aliphatic rings. The Morgan fingerprint density at radius 2 is 1.88 bits per heavy atom. The van der Waals surface area contributed by atoms with E-state index in [2.05, 4.69) is 10.6 Å². The molecule has 0 radical (unpaired) electrons. The van der Waals surface area contributed by atoms with E-state index in [1.807, 2.05) is 55.5 Å². The van der Waals surface area contributed by atoms with E-state index in [9.17, 15) is 4.79 Å². The molecule has 0 bridgehead atoms. The predicted molar refractivity (Wildman–Crippen MR) is 99.8 cm³/mol. The summed E-state index contributed by atoms with van der Waals surface area (Å²) in [5, 5.41) is 6.49. The van der Waals surface area contributed by atoms with E-state index in [1.165, 1.54) is 0 Å². The molecule has 0 unspecified atom stereocenters. The number of halogens is 2. The van der Waals surface area contributed by atoms with Crippen LogP contribution in [-0.4, -0.2) is 19.0 Å². The molecule has 0 aromatic heterocycles. The van der Waals surface area contributed by atoms with E-state index in [0.29, 0.717) is 18.2 Å². The third-order valence-corrected chi connectivity index (χ3v) is 3.71. The Hall–Kier alpha value is -1.75. The van der Waals surface area contributed by atoms with E-state index >= 15 is 0 Å². The summed E-state index contributed by atoms with van der Waals surface area (Å²) in [6.07, 6.45) is 0. The Morgan fingerprint density at radius 3 is 2.50 bits per heavy atom. The second kappa shape index (κ2) is 10.2. The van der Waals surface area contributed by atoms with Gasteiger partial charge in [0.2, 0.25) is 5.91 Å². The van der Waals surface area contributed by atoms with Crippen LogP contribution in [0.25, 0.3) is 0 Å². The molecule has 130 valence electrons. The van der Waals surface area contributed by atoms with Crippen molar-refractivity contribution in [3.63, 3.8) is 0 Å². The van der Waals surface area contributed by atoms with Gasteiger partial charge in [0.25, 0.3) is 0 Å². The van der Waals surface area contributed by atoms with E-state index in [4.69, 9.17) is 16.3 Å². The molecule has 2 N–H and O–H groups in total. The van der Waals surface area contributed by atoms with E-state index in [-0.39, 0.29) is 24.4 Å². The molecule has 1 atom stereocenters. The molecule has 0 spiro atoms. The molecule has 1 amide bonds. The maximum Gasteiger partial charge on any atom is 0.236 e. The molecule has 0 saturated carbocycles. The van der Waals surface area contributed by atoms with Crippen LogP contribution in [-0.2, 0) is 17.9 Å². The zero-order valence-electron chi connectivity index (χ0n) is 13.7. The van der Waals surface area contributed by atoms with Crippen LogP contribution >= 0.6 is 24.0 Å². The number of carbonyl (C=O) groups is 1. The summed E-state index contributed by atoms with van der Waals surface area (Å²) in [7, 11) is 1.63. The van der Waals surface area contributed by atoms with Gasteiger partial charge >= 0.3 is 0 Å². The minimum atomic E-state index is -0.223. The summed E-state index contributed by atoms with van der Waals surface area (Å²) < 4.78 is 5.74. The van der Waals surface area contributed by atoms with Gasteiger partial charge in [0.05, 0.1) is 6.04 Å². The summed E-state index contributed by atoms with van der Waals surface area (Å²) in [5.74, 6) is 0.777. The summed E-state index contributed by atoms with van der Waals surface area (Å²) in [4.78, 5) is 11.4. The molecule has 24 heavy (non-hydrogen) atoms. The Bertz CT molecular complexity index is 648. The number of ether oxygens (including phenoxy) is 1. The highest BCUT2D eigenvalue weighted by Gasteiger charge is 2.09. The van der Waals surface area contributed by atoms with Gasteiger partial charge in [-0.1, -0.05) is 35.9 Å². The summed E-state index contributed by atoms with van der Waals surface area (Å²) in [5.41, 5.74) is 2.12. The van der Waals surface area contributed by atoms with E-state index < -0.39 is 0 Å². The second-order valence-electron chi connectivity index (χ2n) is 5.28. The van der Waals surface area contributed by atoms with Crippen LogP contribution in [0.5, 0.6) is 5.75 Å². The Morgan fingerprint density at radius 1 is 1.17 bits per heavy atom. The number of hydrogen-bond donors (Lipinski definition) is 2. The fourth-order valence-electron chi connectivity index (χ4n) is 2.08. The molecule has 2 aromatic rings. The molecule has 0 saturated heterocycles. The Labute approximate surface area is 154 Å². The standard InChI is InChI=1S/C18H21ClN2O2.ClH/c1-13(18(22)20-2)21-11-14-6-8-17(9-7-14)23-12-15-4-3-5-16(19)10-15;/h3-10,13,21H,11-12H2,1-2H3,(H,20,22);1H/t13-;/m0./s1. The minimum Gasteiger partial charge on any atom is -0.489 e. The molecule has 0 aliphatic heterocycles. The van der Waals surface area contributed by atoms with Crippen LogP contribution in [0.4, 0.5) is 0 Å². The van der Waals surface area contributed by atoms with Crippen LogP contribution < -0.4 is 15.4 Å². The Balaban J connectivity index is 0.00000288. The minimum absolute atomic E-state index is 0. The van der Waals surface area contributed by atoms with Crippen LogP contribution in [0.15, 0.2) is 48.5 Å². The average molecular weight is 369 g/mol. The quantitative estimate of drug-likeness (QED) is 0.785. The first kappa shape index (κ1) is 20.3. The first-order chi connectivity index (χ1) is 11.1. The van der Waals surface area contributed by atoms with Crippen molar-refractivity contribution in [3.05, 3.63) is 64.7 Å². The molecule has 4 nitrogen and oxygen atoms in total. The van der Waals surface area contributed by atoms with Crippen LogP contribution in [0.3, 0.4) is 0 Å². The molecule has 0 aliphatic carbocycles. The lowest BCUT2D eigenvalue weighted by atomic mass is 10.2. The number of rotatable bonds is 7. The number of nitrogens with one attached hydrogen (secondary N) is 2. The molecule has 2 rings (SSSR count). The van der Waals surface area contributed by atoms with Gasteiger partial charge in [0.1, 0.15) is 12.4 Å². The van der Waals surface area contributed by atoms with Crippen molar-refractivity contribution in [1.82, 2.24) is 10.6 Å². The maximum absolute atomic E-state index is 11.4. The summed E-state index contributed by atoms with van der Waals surface area (Å²) >= 11 is 5.95. The second-order valence-corrected chi connectivity index (χ2v) is 5.72. The SMILES string of the molecule is CNC(=O)[C@H](C)NCc1ccc(OCc2cccc(Cl)c2)cc1.Cl. The lowest BCUT2D eigenvalue weighted by Crippen LogP contribution is -2.40. The molecule has 6 heteroatoms. The summed E-state index contributed by atoms with van der Waals surface area (Å²) in [6, 6.07) is 15.2. The van der Waals surface area contributed by atoms with Crippen molar-refractivity contribution in [1.29, 1.82) is 0 Å². The number of amides is 1. The topological polar surface area (TPSA) is 50.4 Å². The molecule has 0 fully saturated rings. The fraction of sp³-hybridized carbons (Fsp3) is 0.278. The smallest absolute Gasteiger partial charge is 0.236 e. The highest BCUT2D eigenvalue weighted by Crippen LogP contribution is 2.16. The zero-order chi connectivity index (χ0) is 16.7. The number of carbonyl (C=O) groups excluding carboxylic acids is 1. The Kier molecular flexibility index (Phi) is 8.61. The van der Waals surface area contributed by atoms with Gasteiger partial charge in [-0.3, -0.25) is 4.79 Å². The van der Waals surface area contributed by atoms with Gasteiger partial charge in [0, 0.05) is 18.6 Å². The van der Waals surface area contributed by atoms with Crippen molar-refractivity contribution in [3.8, 4) is 5.75 Å². The highest BCUT2D eigenvalue weighted by molar-refractivity contribution is 6.30. The number of likely N-dealkylation sites (N-methyl/N-ethyl adjacent to an activating group) is 1. The van der Waals surface area contributed by atoms with Crippen LogP contribution in [0.1, 0.15) is 18.1 Å². The average Bonchev–Trinajstić information content (AvgIpc) is 2.58. The number of benzene rings is 2. The maximum atomic E-state index is 11.4. The molecular formula is C18H22Cl2N2O2. The molecule has 2 aromatic carbocycles. The van der Waals surface area contributed by atoms with Crippen molar-refractivity contribution in [2.75, 3.05) is 7.05 Å². The highest BCUT2D eigenvalue weighted by atomic mass is 35.5. The van der Waals surface area contributed by atoms with Crippen LogP contribution in [0, 0.1) is 0 Å². The van der Waals surface area contributed by atoms with Crippen molar-refractivity contribution < 1.29 is 9.53 Å². The molecular weight excluding hydrogens is 347 g/mol. The van der Waals surface area contributed by atoms with E-state index in [1.54, 1.807) is 7.05 Å². The van der Waals surface area contributed by atoms with Crippen molar-refractivity contribution >= 4 is 29.9 Å². The van der Waals surface area contributed by atoms with Gasteiger partial charge in [-0.15, -0.1) is 12.4 Å². The van der Waals surface area contributed by atoms with Gasteiger partial charge in [0.15, 0.2) is 0 Å². The van der Waals surface area contributed by atoms with Gasteiger partial charge < -0.3 is 15.4 Å². The van der Waals surface area contributed by atoms with E-state index in [0.717, 1.165) is 16.9 Å².